The highest BCUT2D eigenvalue weighted by Gasteiger charge is 2.82. The molecule has 0 spiro atoms. The first-order valence-corrected chi connectivity index (χ1v) is 10.4. The molecule has 2 aliphatic rings. The second-order valence-electron chi connectivity index (χ2n) is 9.09. The summed E-state index contributed by atoms with van der Waals surface area (Å²) in [7, 11) is -0.556. The number of rotatable bonds is 5. The van der Waals surface area contributed by atoms with Crippen LogP contribution in [-0.2, 0) is 29.6 Å². The molecule has 0 N–H and O–H groups in total. The average molecular weight is 392 g/mol. The number of ether oxygens (including phenoxy) is 1. The molecular weight excluding hydrogens is 363 g/mol. The predicted octanol–water partition coefficient (Wildman–Crippen LogP) is 4.46. The van der Waals surface area contributed by atoms with Crippen LogP contribution in [0.4, 0.5) is 0 Å². The van der Waals surface area contributed by atoms with Crippen LogP contribution in [-0.4, -0.2) is 30.9 Å². The lowest BCUT2D eigenvalue weighted by molar-refractivity contribution is -0.146. The fraction of sp³-hybridized carbons (Fsp3) is 0.458. The van der Waals surface area contributed by atoms with E-state index in [1.54, 1.807) is 0 Å². The number of carbonyl (C=O) groups is 1. The van der Waals surface area contributed by atoms with E-state index in [1.165, 1.54) is 0 Å². The minimum Gasteiger partial charge on any atom is -0.465 e. The molecule has 0 unspecified atom stereocenters. The van der Waals surface area contributed by atoms with Crippen molar-refractivity contribution in [3.63, 3.8) is 0 Å². The van der Waals surface area contributed by atoms with Crippen LogP contribution in [0.3, 0.4) is 0 Å². The summed E-state index contributed by atoms with van der Waals surface area (Å²) in [6, 6.07) is 20.0. The molecule has 1 aliphatic carbocycles. The monoisotopic (exact) mass is 392 g/mol. The summed E-state index contributed by atoms with van der Waals surface area (Å²) in [5, 5.41) is -0.646. The largest absolute Gasteiger partial charge is 0.470 e. The van der Waals surface area contributed by atoms with Gasteiger partial charge in [-0.05, 0) is 52.2 Å². The topological polar surface area (TPSA) is 44.8 Å². The summed E-state index contributed by atoms with van der Waals surface area (Å²) < 4.78 is 18.7. The smallest absolute Gasteiger partial charge is 0.465 e. The van der Waals surface area contributed by atoms with Crippen molar-refractivity contribution in [2.75, 3.05) is 6.61 Å². The first kappa shape index (κ1) is 20.2. The molecule has 4 nitrogen and oxygen atoms in total. The number of carbonyl (C=O) groups excluding carboxylic acids is 1. The van der Waals surface area contributed by atoms with Gasteiger partial charge in [0.15, 0.2) is 0 Å². The molecule has 5 heteroatoms. The van der Waals surface area contributed by atoms with E-state index >= 15 is 0 Å². The van der Waals surface area contributed by atoms with E-state index in [2.05, 4.69) is 12.1 Å². The molecule has 1 saturated heterocycles. The summed E-state index contributed by atoms with van der Waals surface area (Å²) in [6.07, 6.45) is 0.587. The third-order valence-corrected chi connectivity index (χ3v) is 7.02. The maximum atomic E-state index is 13.5. The molecule has 2 aromatic rings. The first-order chi connectivity index (χ1) is 13.7. The zero-order chi connectivity index (χ0) is 20.9. The molecule has 1 saturated carbocycles. The lowest BCUT2D eigenvalue weighted by Gasteiger charge is -2.32. The van der Waals surface area contributed by atoms with Gasteiger partial charge in [0.25, 0.3) is 0 Å². The van der Waals surface area contributed by atoms with Gasteiger partial charge in [0.05, 0.1) is 23.1 Å². The molecule has 0 bridgehead atoms. The van der Waals surface area contributed by atoms with Crippen molar-refractivity contribution in [3.8, 4) is 0 Å². The highest BCUT2D eigenvalue weighted by Crippen LogP contribution is 2.69. The molecule has 29 heavy (non-hydrogen) atoms. The highest BCUT2D eigenvalue weighted by atomic mass is 16.7. The normalized spacial score (nSPS) is 29.5. The molecule has 0 radical (unpaired) electrons. The van der Waals surface area contributed by atoms with E-state index in [1.807, 2.05) is 83.1 Å². The van der Waals surface area contributed by atoms with Crippen molar-refractivity contribution in [2.24, 2.45) is 0 Å². The molecule has 152 valence electrons. The van der Waals surface area contributed by atoms with Gasteiger partial charge >= 0.3 is 13.1 Å². The lowest BCUT2D eigenvalue weighted by atomic mass is 9.58. The first-order valence-electron chi connectivity index (χ1n) is 10.4. The molecule has 4 rings (SSSR count). The van der Waals surface area contributed by atoms with E-state index in [-0.39, 0.29) is 5.97 Å². The van der Waals surface area contributed by atoms with Gasteiger partial charge in [-0.2, -0.15) is 0 Å². The van der Waals surface area contributed by atoms with Crippen LogP contribution in [0.2, 0.25) is 0 Å². The van der Waals surface area contributed by atoms with Gasteiger partial charge < -0.3 is 14.0 Å². The zero-order valence-corrected chi connectivity index (χ0v) is 17.9. The SMILES string of the molecule is CCOC(=O)[C@@]1(c2ccccc2)C[C@]1(B1OC(C)(C)C(C)(C)O1)c1ccccc1. The predicted molar refractivity (Wildman–Crippen MR) is 114 cm³/mol. The van der Waals surface area contributed by atoms with Crippen LogP contribution in [0.5, 0.6) is 0 Å². The van der Waals surface area contributed by atoms with Crippen molar-refractivity contribution in [3.05, 3.63) is 71.8 Å². The van der Waals surface area contributed by atoms with E-state index in [0.29, 0.717) is 13.0 Å². The van der Waals surface area contributed by atoms with E-state index < -0.39 is 29.0 Å². The Balaban J connectivity index is 1.90. The van der Waals surface area contributed by atoms with Crippen molar-refractivity contribution in [1.82, 2.24) is 0 Å². The van der Waals surface area contributed by atoms with Gasteiger partial charge in [-0.25, -0.2) is 0 Å². The van der Waals surface area contributed by atoms with E-state index in [0.717, 1.165) is 11.1 Å². The molecule has 0 amide bonds. The van der Waals surface area contributed by atoms with Gasteiger partial charge in [0, 0.05) is 0 Å². The minimum absolute atomic E-state index is 0.218. The Hall–Kier alpha value is -2.11. The second-order valence-corrected chi connectivity index (χ2v) is 9.09. The molecule has 2 fully saturated rings. The van der Waals surface area contributed by atoms with Crippen LogP contribution in [0.15, 0.2) is 60.7 Å². The Kier molecular flexibility index (Phi) is 4.67. The molecule has 1 heterocycles. The van der Waals surface area contributed by atoms with Gasteiger partial charge in [0.2, 0.25) is 0 Å². The van der Waals surface area contributed by atoms with Gasteiger partial charge in [0.1, 0.15) is 5.41 Å². The molecule has 0 aromatic heterocycles. The molecular formula is C24H29BO4. The van der Waals surface area contributed by atoms with Crippen molar-refractivity contribution < 1.29 is 18.8 Å². The standard InChI is InChI=1S/C24H29BO4/c1-6-27-20(26)23(18-13-9-7-10-14-18)17-24(23,19-15-11-8-12-16-19)25-28-21(2,3)22(4,5)29-25/h7-16H,6,17H2,1-5H3/t23-,24-/m0/s1. The zero-order valence-electron chi connectivity index (χ0n) is 17.9. The third-order valence-electron chi connectivity index (χ3n) is 7.02. The van der Waals surface area contributed by atoms with Gasteiger partial charge in [-0.1, -0.05) is 60.7 Å². The van der Waals surface area contributed by atoms with Crippen molar-refractivity contribution in [1.29, 1.82) is 0 Å². The Bertz CT molecular complexity index is 880. The Morgan fingerprint density at radius 2 is 1.38 bits per heavy atom. The van der Waals surface area contributed by atoms with Crippen LogP contribution >= 0.6 is 0 Å². The van der Waals surface area contributed by atoms with Crippen LogP contribution in [0, 0.1) is 0 Å². The van der Waals surface area contributed by atoms with Gasteiger partial charge in [-0.15, -0.1) is 0 Å². The summed E-state index contributed by atoms with van der Waals surface area (Å²) in [5.41, 5.74) is 0.165. The van der Waals surface area contributed by atoms with Crippen LogP contribution < -0.4 is 0 Å². The summed E-state index contributed by atoms with van der Waals surface area (Å²) >= 11 is 0. The molecule has 1 aliphatic heterocycles. The minimum atomic E-state index is -0.840. The fourth-order valence-electron chi connectivity index (χ4n) is 4.63. The second kappa shape index (κ2) is 6.71. The number of benzene rings is 2. The van der Waals surface area contributed by atoms with Gasteiger partial charge in [-0.3, -0.25) is 4.79 Å². The van der Waals surface area contributed by atoms with E-state index in [4.69, 9.17) is 14.0 Å². The Morgan fingerprint density at radius 3 is 1.86 bits per heavy atom. The van der Waals surface area contributed by atoms with Crippen LogP contribution in [0.1, 0.15) is 52.2 Å². The fourth-order valence-corrected chi connectivity index (χ4v) is 4.63. The Morgan fingerprint density at radius 1 is 0.897 bits per heavy atom. The maximum absolute atomic E-state index is 13.5. The number of esters is 1. The average Bonchev–Trinajstić information content (AvgIpc) is 3.36. The quantitative estimate of drug-likeness (QED) is 0.557. The molecule has 2 atom stereocenters. The lowest BCUT2D eigenvalue weighted by Crippen LogP contribution is -2.44. The highest BCUT2D eigenvalue weighted by molar-refractivity contribution is 6.53. The maximum Gasteiger partial charge on any atom is 0.470 e. The number of hydrogen-bond acceptors (Lipinski definition) is 4. The summed E-state index contributed by atoms with van der Waals surface area (Å²) in [6.45, 7) is 10.4. The van der Waals surface area contributed by atoms with Crippen LogP contribution in [0.25, 0.3) is 0 Å². The van der Waals surface area contributed by atoms with E-state index in [9.17, 15) is 4.79 Å². The van der Waals surface area contributed by atoms with Crippen molar-refractivity contribution in [2.45, 2.75) is 63.0 Å². The summed E-state index contributed by atoms with van der Waals surface area (Å²) in [5.74, 6) is -0.218. The molecule has 2 aromatic carbocycles. The number of hydrogen-bond donors (Lipinski definition) is 0. The summed E-state index contributed by atoms with van der Waals surface area (Å²) in [4.78, 5) is 13.5. The van der Waals surface area contributed by atoms with Crippen molar-refractivity contribution >= 4 is 13.1 Å². The third kappa shape index (κ3) is 2.78. The Labute approximate surface area is 173 Å².